The fourth-order valence-corrected chi connectivity index (χ4v) is 1.85. The summed E-state index contributed by atoms with van der Waals surface area (Å²) in [7, 11) is 0. The van der Waals surface area contributed by atoms with Gasteiger partial charge >= 0.3 is 5.97 Å². The van der Waals surface area contributed by atoms with E-state index in [0.717, 1.165) is 0 Å². The molecule has 1 rings (SSSR count). The average Bonchev–Trinajstić information content (AvgIpc) is 2.21. The van der Waals surface area contributed by atoms with Crippen LogP contribution in [-0.4, -0.2) is 27.6 Å². The van der Waals surface area contributed by atoms with Gasteiger partial charge in [-0.25, -0.2) is 14.8 Å². The van der Waals surface area contributed by atoms with Crippen LogP contribution in [0.25, 0.3) is 0 Å². The second-order valence-corrected chi connectivity index (χ2v) is 6.41. The number of anilines is 1. The number of aryl methyl sites for hydroxylation is 1. The number of nitrogens with zero attached hydrogens (tertiary/aromatic N) is 2. The fraction of sp³-hybridized carbons (Fsp3) is 0.643. The van der Waals surface area contributed by atoms with Crippen molar-refractivity contribution >= 4 is 23.4 Å². The third kappa shape index (κ3) is 5.33. The summed E-state index contributed by atoms with van der Waals surface area (Å²) in [4.78, 5) is 20.4. The van der Waals surface area contributed by atoms with Crippen LogP contribution in [0.5, 0.6) is 0 Å². The van der Waals surface area contributed by atoms with Crippen molar-refractivity contribution < 1.29 is 9.53 Å². The Morgan fingerprint density at radius 1 is 1.35 bits per heavy atom. The first-order chi connectivity index (χ1) is 9.08. The van der Waals surface area contributed by atoms with Crippen LogP contribution < -0.4 is 5.32 Å². The lowest BCUT2D eigenvalue weighted by atomic mass is 10.0. The highest BCUT2D eigenvalue weighted by Gasteiger charge is 2.28. The molecule has 1 atom stereocenters. The van der Waals surface area contributed by atoms with Crippen molar-refractivity contribution in [3.8, 4) is 0 Å². The number of aromatic nitrogens is 2. The van der Waals surface area contributed by atoms with E-state index in [1.807, 2.05) is 34.6 Å². The van der Waals surface area contributed by atoms with Gasteiger partial charge in [0.05, 0.1) is 0 Å². The molecule has 0 saturated heterocycles. The highest BCUT2D eigenvalue weighted by molar-refractivity contribution is 6.29. The van der Waals surface area contributed by atoms with Crippen molar-refractivity contribution in [2.24, 2.45) is 5.92 Å². The monoisotopic (exact) mass is 299 g/mol. The molecule has 1 heterocycles. The van der Waals surface area contributed by atoms with Crippen molar-refractivity contribution in [3.05, 3.63) is 17.0 Å². The summed E-state index contributed by atoms with van der Waals surface area (Å²) in [6.07, 6.45) is 0. The summed E-state index contributed by atoms with van der Waals surface area (Å²) in [6, 6.07) is 1.11. The standard InChI is InChI=1S/C14H22ClN3O2/c1-8(2)12(13(19)20-14(4,5)6)18-11-7-10(15)16-9(3)17-11/h7-8,12H,1-6H3,(H,16,17,18)/t12-/m1/s1. The van der Waals surface area contributed by atoms with E-state index in [9.17, 15) is 4.79 Å². The molecule has 0 amide bonds. The lowest BCUT2D eigenvalue weighted by molar-refractivity contribution is -0.156. The first-order valence-corrected chi connectivity index (χ1v) is 6.97. The van der Waals surface area contributed by atoms with Crippen LogP contribution in [0.4, 0.5) is 5.82 Å². The molecule has 1 aromatic rings. The van der Waals surface area contributed by atoms with Gasteiger partial charge < -0.3 is 10.1 Å². The van der Waals surface area contributed by atoms with Crippen LogP contribution in [0, 0.1) is 12.8 Å². The molecule has 0 aliphatic rings. The van der Waals surface area contributed by atoms with E-state index in [1.54, 1.807) is 13.0 Å². The Labute approximate surface area is 125 Å². The Kier molecular flexibility index (Phi) is 5.34. The molecule has 0 aliphatic heterocycles. The molecule has 6 heteroatoms. The molecule has 0 aromatic carbocycles. The van der Waals surface area contributed by atoms with Crippen molar-refractivity contribution in [2.45, 2.75) is 53.2 Å². The zero-order valence-electron chi connectivity index (χ0n) is 12.8. The highest BCUT2D eigenvalue weighted by Crippen LogP contribution is 2.18. The van der Waals surface area contributed by atoms with Crippen molar-refractivity contribution in [1.29, 1.82) is 0 Å². The fourth-order valence-electron chi connectivity index (χ4n) is 1.63. The minimum atomic E-state index is -0.523. The van der Waals surface area contributed by atoms with E-state index < -0.39 is 11.6 Å². The van der Waals surface area contributed by atoms with Crippen molar-refractivity contribution in [1.82, 2.24) is 9.97 Å². The van der Waals surface area contributed by atoms with E-state index in [-0.39, 0.29) is 11.9 Å². The van der Waals surface area contributed by atoms with Gasteiger partial charge in [0.1, 0.15) is 28.4 Å². The molecule has 0 saturated carbocycles. The smallest absolute Gasteiger partial charge is 0.329 e. The number of nitrogens with one attached hydrogen (secondary N) is 1. The first-order valence-electron chi connectivity index (χ1n) is 6.59. The summed E-state index contributed by atoms with van der Waals surface area (Å²) in [6.45, 7) is 11.2. The molecule has 0 fully saturated rings. The maximum Gasteiger partial charge on any atom is 0.329 e. The zero-order valence-corrected chi connectivity index (χ0v) is 13.6. The number of esters is 1. The van der Waals surface area contributed by atoms with Gasteiger partial charge in [0, 0.05) is 6.07 Å². The molecule has 5 nitrogen and oxygen atoms in total. The number of hydrogen-bond donors (Lipinski definition) is 1. The van der Waals surface area contributed by atoms with Gasteiger partial charge in [0.2, 0.25) is 0 Å². The predicted octanol–water partition coefficient (Wildman–Crippen LogP) is 3.22. The maximum atomic E-state index is 12.2. The van der Waals surface area contributed by atoms with Gasteiger partial charge in [-0.15, -0.1) is 0 Å². The Morgan fingerprint density at radius 3 is 2.40 bits per heavy atom. The molecule has 0 spiro atoms. The Balaban J connectivity index is 2.90. The van der Waals surface area contributed by atoms with Crippen LogP contribution in [0.15, 0.2) is 6.07 Å². The van der Waals surface area contributed by atoms with Gasteiger partial charge in [-0.1, -0.05) is 25.4 Å². The Morgan fingerprint density at radius 2 is 1.95 bits per heavy atom. The first kappa shape index (κ1) is 16.7. The molecule has 0 radical (unpaired) electrons. The third-order valence-electron chi connectivity index (χ3n) is 2.44. The summed E-state index contributed by atoms with van der Waals surface area (Å²) in [5.41, 5.74) is -0.523. The van der Waals surface area contributed by atoms with E-state index in [1.165, 1.54) is 0 Å². The number of carbonyl (C=O) groups is 1. The molecule has 20 heavy (non-hydrogen) atoms. The van der Waals surface area contributed by atoms with Gasteiger partial charge in [-0.05, 0) is 33.6 Å². The molecular formula is C14H22ClN3O2. The minimum absolute atomic E-state index is 0.0545. The zero-order chi connectivity index (χ0) is 15.5. The predicted molar refractivity (Wildman–Crippen MR) is 79.9 cm³/mol. The third-order valence-corrected chi connectivity index (χ3v) is 2.63. The molecule has 0 unspecified atom stereocenters. The lowest BCUT2D eigenvalue weighted by Crippen LogP contribution is -2.40. The summed E-state index contributed by atoms with van der Waals surface area (Å²) < 4.78 is 5.42. The van der Waals surface area contributed by atoms with Crippen molar-refractivity contribution in [3.63, 3.8) is 0 Å². The SMILES string of the molecule is Cc1nc(Cl)cc(N[C@@H](C(=O)OC(C)(C)C)C(C)C)n1. The molecular weight excluding hydrogens is 278 g/mol. The molecule has 0 bridgehead atoms. The van der Waals surface area contributed by atoms with Crippen LogP contribution >= 0.6 is 11.6 Å². The van der Waals surface area contributed by atoms with Gasteiger partial charge in [-0.3, -0.25) is 0 Å². The van der Waals surface area contributed by atoms with E-state index >= 15 is 0 Å². The molecule has 112 valence electrons. The number of ether oxygens (including phenoxy) is 1. The second kappa shape index (κ2) is 6.39. The Bertz CT molecular complexity index is 464. The minimum Gasteiger partial charge on any atom is -0.458 e. The second-order valence-electron chi connectivity index (χ2n) is 6.02. The molecule has 1 N–H and O–H groups in total. The van der Waals surface area contributed by atoms with Gasteiger partial charge in [0.15, 0.2) is 0 Å². The quantitative estimate of drug-likeness (QED) is 0.683. The maximum absolute atomic E-state index is 12.2. The topological polar surface area (TPSA) is 64.1 Å². The van der Waals surface area contributed by atoms with Gasteiger partial charge in [0.25, 0.3) is 0 Å². The normalized spacial score (nSPS) is 13.2. The van der Waals surface area contributed by atoms with E-state index in [4.69, 9.17) is 16.3 Å². The van der Waals surface area contributed by atoms with E-state index in [0.29, 0.717) is 16.8 Å². The van der Waals surface area contributed by atoms with E-state index in [2.05, 4.69) is 15.3 Å². The lowest BCUT2D eigenvalue weighted by Gasteiger charge is -2.26. The molecule has 1 aromatic heterocycles. The summed E-state index contributed by atoms with van der Waals surface area (Å²) >= 11 is 5.89. The number of carbonyl (C=O) groups excluding carboxylic acids is 1. The molecule has 0 aliphatic carbocycles. The van der Waals surface area contributed by atoms with Crippen molar-refractivity contribution in [2.75, 3.05) is 5.32 Å². The average molecular weight is 300 g/mol. The highest BCUT2D eigenvalue weighted by atomic mass is 35.5. The largest absolute Gasteiger partial charge is 0.458 e. The van der Waals surface area contributed by atoms with Crippen LogP contribution in [0.3, 0.4) is 0 Å². The number of rotatable bonds is 4. The number of hydrogen-bond acceptors (Lipinski definition) is 5. The van der Waals surface area contributed by atoms with Crippen LogP contribution in [0.1, 0.15) is 40.4 Å². The summed E-state index contributed by atoms with van der Waals surface area (Å²) in [5, 5.41) is 3.41. The number of halogens is 1. The van der Waals surface area contributed by atoms with Gasteiger partial charge in [-0.2, -0.15) is 0 Å². The summed E-state index contributed by atoms with van der Waals surface area (Å²) in [5.74, 6) is 0.817. The Hall–Kier alpha value is -1.36. The van der Waals surface area contributed by atoms with Crippen LogP contribution in [0.2, 0.25) is 5.15 Å². The van der Waals surface area contributed by atoms with Crippen LogP contribution in [-0.2, 0) is 9.53 Å².